The first-order valence-electron chi connectivity index (χ1n) is 10.7. The predicted molar refractivity (Wildman–Crippen MR) is 118 cm³/mol. The van der Waals surface area contributed by atoms with E-state index in [9.17, 15) is 18.0 Å². The number of benzene rings is 2. The maximum atomic E-state index is 15.3. The lowest BCUT2D eigenvalue weighted by molar-refractivity contribution is -0.138. The van der Waals surface area contributed by atoms with Gasteiger partial charge in [-0.05, 0) is 41.7 Å². The molecule has 0 spiro atoms. The highest BCUT2D eigenvalue weighted by molar-refractivity contribution is 5.70. The average molecular weight is 474 g/mol. The van der Waals surface area contributed by atoms with Gasteiger partial charge in [-0.2, -0.15) is 17.6 Å². The molecule has 0 bridgehead atoms. The minimum atomic E-state index is -4.41. The Morgan fingerprint density at radius 1 is 1.06 bits per heavy atom. The fourth-order valence-electron chi connectivity index (χ4n) is 4.08. The van der Waals surface area contributed by atoms with Crippen LogP contribution < -0.4 is 10.2 Å². The summed E-state index contributed by atoms with van der Waals surface area (Å²) in [5, 5.41) is 11.8. The molecule has 0 amide bonds. The van der Waals surface area contributed by atoms with Crippen molar-refractivity contribution in [2.45, 2.75) is 38.0 Å². The van der Waals surface area contributed by atoms with Gasteiger partial charge in [0.25, 0.3) is 0 Å². The molecule has 0 aliphatic carbocycles. The Balaban J connectivity index is 1.49. The number of hydrogen-bond acceptors (Lipinski definition) is 5. The molecule has 1 saturated heterocycles. The van der Waals surface area contributed by atoms with Gasteiger partial charge in [0, 0.05) is 13.1 Å². The molecule has 1 aliphatic heterocycles. The summed E-state index contributed by atoms with van der Waals surface area (Å²) < 4.78 is 54.0. The van der Waals surface area contributed by atoms with E-state index in [1.807, 2.05) is 0 Å². The van der Waals surface area contributed by atoms with Crippen LogP contribution in [0, 0.1) is 5.82 Å². The second-order valence-electron chi connectivity index (χ2n) is 8.07. The summed E-state index contributed by atoms with van der Waals surface area (Å²) in [4.78, 5) is 20.7. The van der Waals surface area contributed by atoms with Crippen molar-refractivity contribution >= 4 is 17.6 Å². The molecule has 1 fully saturated rings. The average Bonchev–Trinajstić information content (AvgIpc) is 3.28. The number of rotatable bonds is 7. The minimum absolute atomic E-state index is 0.0117. The lowest BCUT2D eigenvalue weighted by atomic mass is 10.0. The van der Waals surface area contributed by atoms with Gasteiger partial charge in [0.05, 0.1) is 18.0 Å². The van der Waals surface area contributed by atoms with Crippen molar-refractivity contribution in [2.24, 2.45) is 0 Å². The number of carbonyl (C=O) groups is 1. The summed E-state index contributed by atoms with van der Waals surface area (Å²) >= 11 is 0. The fraction of sp³-hybridized carbons (Fsp3) is 0.292. The molecule has 6 nitrogen and oxygen atoms in total. The van der Waals surface area contributed by atoms with E-state index in [0.717, 1.165) is 24.1 Å². The van der Waals surface area contributed by atoms with Crippen LogP contribution in [0.4, 0.5) is 29.2 Å². The summed E-state index contributed by atoms with van der Waals surface area (Å²) in [5.74, 6) is -1.45. The van der Waals surface area contributed by atoms with Crippen LogP contribution in [0.5, 0.6) is 0 Å². The molecule has 10 heteroatoms. The van der Waals surface area contributed by atoms with Crippen molar-refractivity contribution < 1.29 is 27.5 Å². The molecule has 4 rings (SSSR count). The van der Waals surface area contributed by atoms with E-state index in [-0.39, 0.29) is 30.6 Å². The van der Waals surface area contributed by atoms with Gasteiger partial charge in [-0.15, -0.1) is 0 Å². The largest absolute Gasteiger partial charge is 0.481 e. The van der Waals surface area contributed by atoms with Gasteiger partial charge in [0.15, 0.2) is 11.6 Å². The third kappa shape index (κ3) is 5.27. The summed E-state index contributed by atoms with van der Waals surface area (Å²) in [6.07, 6.45) is -1.82. The summed E-state index contributed by atoms with van der Waals surface area (Å²) in [5.41, 5.74) is 1.42. The van der Waals surface area contributed by atoms with Gasteiger partial charge in [0.2, 0.25) is 5.82 Å². The number of hydrogen-bond donors (Lipinski definition) is 2. The number of nitrogens with one attached hydrogen (secondary N) is 1. The summed E-state index contributed by atoms with van der Waals surface area (Å²) in [6, 6.07) is 11.6. The minimum Gasteiger partial charge on any atom is -0.481 e. The number of aromatic nitrogens is 2. The van der Waals surface area contributed by atoms with Gasteiger partial charge >= 0.3 is 12.1 Å². The maximum absolute atomic E-state index is 15.3. The van der Waals surface area contributed by atoms with E-state index in [2.05, 4.69) is 15.3 Å². The number of alkyl halides is 3. The third-order valence-corrected chi connectivity index (χ3v) is 5.76. The summed E-state index contributed by atoms with van der Waals surface area (Å²) in [7, 11) is 0. The van der Waals surface area contributed by atoms with Crippen molar-refractivity contribution in [1.82, 2.24) is 9.97 Å². The molecule has 0 unspecified atom stereocenters. The van der Waals surface area contributed by atoms with Gasteiger partial charge in [-0.25, -0.2) is 9.97 Å². The Kier molecular flexibility index (Phi) is 6.67. The topological polar surface area (TPSA) is 78.3 Å². The molecule has 2 heterocycles. The van der Waals surface area contributed by atoms with Crippen molar-refractivity contribution in [3.8, 4) is 0 Å². The lowest BCUT2D eigenvalue weighted by Crippen LogP contribution is -2.25. The van der Waals surface area contributed by atoms with Crippen LogP contribution in [0.1, 0.15) is 41.1 Å². The van der Waals surface area contributed by atoms with E-state index in [4.69, 9.17) is 5.11 Å². The molecule has 2 N–H and O–H groups in total. The molecule has 178 valence electrons. The number of carboxylic acid groups (broad SMARTS) is 1. The number of aliphatic carboxylic acids is 1. The Morgan fingerprint density at radius 3 is 2.38 bits per heavy atom. The number of anilines is 2. The molecule has 1 aliphatic rings. The maximum Gasteiger partial charge on any atom is 0.416 e. The smallest absolute Gasteiger partial charge is 0.416 e. The Hall–Kier alpha value is -3.69. The zero-order valence-electron chi connectivity index (χ0n) is 18.0. The number of halogens is 4. The van der Waals surface area contributed by atoms with Gasteiger partial charge in [-0.3, -0.25) is 4.79 Å². The SMILES string of the molecule is O=C(O)Cc1ccc(CNc2ncnc(N3CCC[C@H]3c3ccc(C(F)(F)F)cc3)c2F)cc1. The van der Waals surface area contributed by atoms with E-state index in [1.54, 1.807) is 29.2 Å². The normalized spacial score (nSPS) is 16.0. The monoisotopic (exact) mass is 474 g/mol. The van der Waals surface area contributed by atoms with Crippen LogP contribution in [0.2, 0.25) is 0 Å². The Labute approximate surface area is 193 Å². The van der Waals surface area contributed by atoms with E-state index in [1.165, 1.54) is 18.5 Å². The van der Waals surface area contributed by atoms with Gasteiger partial charge in [0.1, 0.15) is 6.33 Å². The zero-order chi connectivity index (χ0) is 24.3. The zero-order valence-corrected chi connectivity index (χ0v) is 18.0. The van der Waals surface area contributed by atoms with Crippen LogP contribution in [0.3, 0.4) is 0 Å². The first-order valence-corrected chi connectivity index (χ1v) is 10.7. The standard InChI is InChI=1S/C24H22F4N4O2/c25-21-22(29-13-16-5-3-15(4-6-16)12-20(33)34)30-14-31-23(21)32-11-1-2-19(32)17-7-9-18(10-8-17)24(26,27)28/h3-10,14,19H,1-2,11-13H2,(H,33,34)(H,29,30,31)/t19-/m0/s1. The van der Waals surface area contributed by atoms with E-state index in [0.29, 0.717) is 24.1 Å². The molecule has 34 heavy (non-hydrogen) atoms. The quantitative estimate of drug-likeness (QED) is 0.458. The Morgan fingerprint density at radius 2 is 1.74 bits per heavy atom. The first kappa shape index (κ1) is 23.5. The molecule has 1 aromatic heterocycles. The van der Waals surface area contributed by atoms with Crippen LogP contribution in [0.15, 0.2) is 54.9 Å². The van der Waals surface area contributed by atoms with Crippen LogP contribution in [0.25, 0.3) is 0 Å². The highest BCUT2D eigenvalue weighted by atomic mass is 19.4. The van der Waals surface area contributed by atoms with Crippen molar-refractivity contribution in [3.63, 3.8) is 0 Å². The highest BCUT2D eigenvalue weighted by Crippen LogP contribution is 2.38. The molecule has 0 radical (unpaired) electrons. The van der Waals surface area contributed by atoms with E-state index < -0.39 is 23.5 Å². The second-order valence-corrected chi connectivity index (χ2v) is 8.07. The predicted octanol–water partition coefficient (Wildman–Crippen LogP) is 5.22. The van der Waals surface area contributed by atoms with Crippen molar-refractivity contribution in [1.29, 1.82) is 0 Å². The first-order chi connectivity index (χ1) is 16.2. The Bertz CT molecular complexity index is 1150. The summed E-state index contributed by atoms with van der Waals surface area (Å²) in [6.45, 7) is 0.785. The van der Waals surface area contributed by atoms with Crippen LogP contribution in [-0.2, 0) is 23.9 Å². The molecular weight excluding hydrogens is 452 g/mol. The van der Waals surface area contributed by atoms with Crippen molar-refractivity contribution in [3.05, 3.63) is 82.9 Å². The van der Waals surface area contributed by atoms with E-state index >= 15 is 4.39 Å². The molecule has 3 aromatic rings. The lowest BCUT2D eigenvalue weighted by Gasteiger charge is -2.27. The molecular formula is C24H22F4N4O2. The van der Waals surface area contributed by atoms with Crippen LogP contribution >= 0.6 is 0 Å². The fourth-order valence-corrected chi connectivity index (χ4v) is 4.08. The van der Waals surface area contributed by atoms with Crippen LogP contribution in [-0.4, -0.2) is 27.6 Å². The number of carboxylic acids is 1. The molecule has 2 aromatic carbocycles. The number of nitrogens with zero attached hydrogens (tertiary/aromatic N) is 3. The third-order valence-electron chi connectivity index (χ3n) is 5.76. The van der Waals surface area contributed by atoms with Gasteiger partial charge in [-0.1, -0.05) is 36.4 Å². The highest BCUT2D eigenvalue weighted by Gasteiger charge is 2.33. The molecule has 0 saturated carbocycles. The molecule has 1 atom stereocenters. The van der Waals surface area contributed by atoms with Crippen molar-refractivity contribution in [2.75, 3.05) is 16.8 Å². The second kappa shape index (κ2) is 9.66. The van der Waals surface area contributed by atoms with Gasteiger partial charge < -0.3 is 15.3 Å².